The number of hydrogen-bond donors (Lipinski definition) is 1. The van der Waals surface area contributed by atoms with Crippen LogP contribution < -0.4 is 5.32 Å². The number of nitrogens with zero attached hydrogens (tertiary/aromatic N) is 1. The van der Waals surface area contributed by atoms with Gasteiger partial charge in [-0.1, -0.05) is 13.3 Å². The van der Waals surface area contributed by atoms with Crippen molar-refractivity contribution in [3.05, 3.63) is 0 Å². The predicted molar refractivity (Wildman–Crippen MR) is 54.3 cm³/mol. The monoisotopic (exact) mass is 180 g/mol. The fraction of sp³-hybridized carbons (Fsp3) is 0.909. The lowest BCUT2D eigenvalue weighted by atomic mass is 10.2. The van der Waals surface area contributed by atoms with Gasteiger partial charge in [-0.05, 0) is 38.1 Å². The number of nitrogens with one attached hydrogen (secondary N) is 1. The van der Waals surface area contributed by atoms with E-state index in [-0.39, 0.29) is 0 Å². The summed E-state index contributed by atoms with van der Waals surface area (Å²) in [5, 5.41) is 11.9. The first-order chi connectivity index (χ1) is 6.38. The molecule has 1 N–H and O–H groups in total. The molecule has 1 rings (SSSR count). The third-order valence-corrected chi connectivity index (χ3v) is 2.70. The van der Waals surface area contributed by atoms with Gasteiger partial charge in [0.1, 0.15) is 0 Å². The zero-order valence-corrected chi connectivity index (χ0v) is 8.55. The molecule has 1 aliphatic rings. The standard InChI is InChI=1S/C11H20N2/c1-2-6-10-9-11(10)13-8-5-3-4-7-12/h10-11,13H,2-6,8-9H2,1H3. The molecule has 2 nitrogen and oxygen atoms in total. The van der Waals surface area contributed by atoms with Crippen molar-refractivity contribution < 1.29 is 0 Å². The number of unbranched alkanes of at least 4 members (excludes halogenated alkanes) is 2. The van der Waals surface area contributed by atoms with Crippen molar-refractivity contribution in [2.75, 3.05) is 6.54 Å². The SMILES string of the molecule is CCCC1CC1NCCCCC#N. The first-order valence-electron chi connectivity index (χ1n) is 5.48. The Balaban J connectivity index is 1.83. The molecule has 74 valence electrons. The highest BCUT2D eigenvalue weighted by atomic mass is 15.0. The maximum atomic E-state index is 8.33. The predicted octanol–water partition coefficient (Wildman–Crippen LogP) is 2.46. The number of nitriles is 1. The number of hydrogen-bond acceptors (Lipinski definition) is 2. The smallest absolute Gasteiger partial charge is 0.0621 e. The second-order valence-corrected chi connectivity index (χ2v) is 3.96. The van der Waals surface area contributed by atoms with Crippen LogP contribution in [0.1, 0.15) is 45.4 Å². The Labute approximate surface area is 81.3 Å². The van der Waals surface area contributed by atoms with Crippen molar-refractivity contribution in [3.63, 3.8) is 0 Å². The third-order valence-electron chi connectivity index (χ3n) is 2.70. The fourth-order valence-corrected chi connectivity index (χ4v) is 1.80. The van der Waals surface area contributed by atoms with E-state index in [1.165, 1.54) is 19.3 Å². The van der Waals surface area contributed by atoms with Crippen LogP contribution in [0.4, 0.5) is 0 Å². The first-order valence-corrected chi connectivity index (χ1v) is 5.48. The van der Waals surface area contributed by atoms with E-state index in [0.717, 1.165) is 31.3 Å². The Kier molecular flexibility index (Phi) is 4.85. The van der Waals surface area contributed by atoms with Crippen LogP contribution in [-0.4, -0.2) is 12.6 Å². The van der Waals surface area contributed by atoms with Crippen molar-refractivity contribution in [2.24, 2.45) is 5.92 Å². The van der Waals surface area contributed by atoms with Crippen molar-refractivity contribution in [1.29, 1.82) is 5.26 Å². The second kappa shape index (κ2) is 5.99. The normalized spacial score (nSPS) is 25.5. The van der Waals surface area contributed by atoms with Gasteiger partial charge in [-0.3, -0.25) is 0 Å². The molecule has 0 saturated heterocycles. The lowest BCUT2D eigenvalue weighted by Gasteiger charge is -2.01. The zero-order valence-electron chi connectivity index (χ0n) is 8.55. The Bertz CT molecular complexity index is 171. The Morgan fingerprint density at radius 2 is 2.31 bits per heavy atom. The van der Waals surface area contributed by atoms with Gasteiger partial charge in [-0.2, -0.15) is 5.26 Å². The second-order valence-electron chi connectivity index (χ2n) is 3.96. The van der Waals surface area contributed by atoms with E-state index in [4.69, 9.17) is 5.26 Å². The molecule has 0 bridgehead atoms. The van der Waals surface area contributed by atoms with Crippen LogP contribution in [0.3, 0.4) is 0 Å². The lowest BCUT2D eigenvalue weighted by molar-refractivity contribution is 0.575. The van der Waals surface area contributed by atoms with Gasteiger partial charge in [-0.25, -0.2) is 0 Å². The summed E-state index contributed by atoms with van der Waals surface area (Å²) >= 11 is 0. The summed E-state index contributed by atoms with van der Waals surface area (Å²) in [6, 6.07) is 2.98. The van der Waals surface area contributed by atoms with Crippen LogP contribution in [0.2, 0.25) is 0 Å². The summed E-state index contributed by atoms with van der Waals surface area (Å²) < 4.78 is 0. The van der Waals surface area contributed by atoms with E-state index in [9.17, 15) is 0 Å². The summed E-state index contributed by atoms with van der Waals surface area (Å²) in [5.74, 6) is 0.959. The average molecular weight is 180 g/mol. The summed E-state index contributed by atoms with van der Waals surface area (Å²) in [7, 11) is 0. The van der Waals surface area contributed by atoms with Crippen molar-refractivity contribution in [1.82, 2.24) is 5.32 Å². The minimum absolute atomic E-state index is 0.713. The minimum atomic E-state index is 0.713. The van der Waals surface area contributed by atoms with Crippen molar-refractivity contribution >= 4 is 0 Å². The van der Waals surface area contributed by atoms with Gasteiger partial charge < -0.3 is 5.32 Å². The molecule has 1 fully saturated rings. The molecule has 0 spiro atoms. The van der Waals surface area contributed by atoms with Crippen LogP contribution in [0.25, 0.3) is 0 Å². The average Bonchev–Trinajstić information content (AvgIpc) is 2.84. The number of rotatable bonds is 7. The minimum Gasteiger partial charge on any atom is -0.314 e. The molecule has 0 amide bonds. The van der Waals surface area contributed by atoms with E-state index in [1.807, 2.05) is 0 Å². The van der Waals surface area contributed by atoms with Crippen LogP contribution in [0.15, 0.2) is 0 Å². The van der Waals surface area contributed by atoms with Gasteiger partial charge in [0.15, 0.2) is 0 Å². The van der Waals surface area contributed by atoms with Crippen LogP contribution in [0.5, 0.6) is 0 Å². The Hall–Kier alpha value is -0.550. The molecule has 0 aliphatic heterocycles. The van der Waals surface area contributed by atoms with Gasteiger partial charge >= 0.3 is 0 Å². The van der Waals surface area contributed by atoms with Gasteiger partial charge in [0.25, 0.3) is 0 Å². The molecule has 0 aromatic heterocycles. The molecule has 1 saturated carbocycles. The van der Waals surface area contributed by atoms with Crippen molar-refractivity contribution in [2.45, 2.75) is 51.5 Å². The van der Waals surface area contributed by atoms with E-state index in [1.54, 1.807) is 0 Å². The van der Waals surface area contributed by atoms with E-state index in [2.05, 4.69) is 18.3 Å². The molecule has 0 aromatic carbocycles. The van der Waals surface area contributed by atoms with E-state index in [0.29, 0.717) is 6.42 Å². The maximum Gasteiger partial charge on any atom is 0.0621 e. The summed E-state index contributed by atoms with van der Waals surface area (Å²) in [6.07, 6.45) is 7.00. The first kappa shape index (κ1) is 10.5. The van der Waals surface area contributed by atoms with Gasteiger partial charge in [0, 0.05) is 12.5 Å². The van der Waals surface area contributed by atoms with Crippen LogP contribution >= 0.6 is 0 Å². The Morgan fingerprint density at radius 1 is 1.46 bits per heavy atom. The van der Waals surface area contributed by atoms with Gasteiger partial charge in [0.05, 0.1) is 6.07 Å². The zero-order chi connectivity index (χ0) is 9.52. The van der Waals surface area contributed by atoms with Crippen molar-refractivity contribution in [3.8, 4) is 6.07 Å². The molecule has 2 atom stereocenters. The van der Waals surface area contributed by atoms with Crippen LogP contribution in [0, 0.1) is 17.2 Å². The Morgan fingerprint density at radius 3 is 3.00 bits per heavy atom. The molecule has 0 radical (unpaired) electrons. The highest BCUT2D eigenvalue weighted by Crippen LogP contribution is 2.34. The molecule has 13 heavy (non-hydrogen) atoms. The van der Waals surface area contributed by atoms with Gasteiger partial charge in [0.2, 0.25) is 0 Å². The summed E-state index contributed by atoms with van der Waals surface area (Å²) in [5.41, 5.74) is 0. The van der Waals surface area contributed by atoms with E-state index >= 15 is 0 Å². The highest BCUT2D eigenvalue weighted by molar-refractivity contribution is 4.92. The fourth-order valence-electron chi connectivity index (χ4n) is 1.80. The molecule has 1 aliphatic carbocycles. The maximum absolute atomic E-state index is 8.33. The lowest BCUT2D eigenvalue weighted by Crippen LogP contribution is -2.19. The molecule has 0 aromatic rings. The quantitative estimate of drug-likeness (QED) is 0.611. The highest BCUT2D eigenvalue weighted by Gasteiger charge is 2.34. The summed E-state index contributed by atoms with van der Waals surface area (Å²) in [6.45, 7) is 3.36. The molecule has 0 heterocycles. The molecular formula is C11H20N2. The molecule has 2 heteroatoms. The van der Waals surface area contributed by atoms with E-state index < -0.39 is 0 Å². The molecule has 2 unspecified atom stereocenters. The van der Waals surface area contributed by atoms with Gasteiger partial charge in [-0.15, -0.1) is 0 Å². The van der Waals surface area contributed by atoms with Crippen LogP contribution in [-0.2, 0) is 0 Å². The topological polar surface area (TPSA) is 35.8 Å². The third kappa shape index (κ3) is 4.28. The molecular weight excluding hydrogens is 160 g/mol. The largest absolute Gasteiger partial charge is 0.314 e. The summed E-state index contributed by atoms with van der Waals surface area (Å²) in [4.78, 5) is 0.